The fourth-order valence-electron chi connectivity index (χ4n) is 4.80. The Balaban J connectivity index is 1.28. The van der Waals surface area contributed by atoms with Gasteiger partial charge in [0.2, 0.25) is 0 Å². The smallest absolute Gasteiger partial charge is 0.0420 e. The molecule has 0 aliphatic carbocycles. The third kappa shape index (κ3) is 2.89. The standard InChI is InChI=1S/C24H26N2/c1-3-10-23-19(6-1)8-5-9-20(23)14-15-25-16-17-26-22(18-25)13-12-21-7-2-4-11-24(21)26/h1-11,22H,12-18H2. The largest absolute Gasteiger partial charge is 0.366 e. The monoisotopic (exact) mass is 342 g/mol. The Kier molecular flexibility index (Phi) is 4.14. The first kappa shape index (κ1) is 15.9. The molecule has 0 spiro atoms. The summed E-state index contributed by atoms with van der Waals surface area (Å²) in [6.45, 7) is 4.71. The second-order valence-electron chi connectivity index (χ2n) is 7.70. The average molecular weight is 342 g/mol. The molecule has 2 nitrogen and oxygen atoms in total. The molecule has 5 rings (SSSR count). The van der Waals surface area contributed by atoms with Crippen molar-refractivity contribution in [2.75, 3.05) is 31.1 Å². The van der Waals surface area contributed by atoms with E-state index in [0.717, 1.165) is 13.0 Å². The third-order valence-electron chi connectivity index (χ3n) is 6.19. The molecule has 2 aliphatic rings. The number of para-hydroxylation sites is 1. The van der Waals surface area contributed by atoms with Crippen LogP contribution in [-0.4, -0.2) is 37.1 Å². The van der Waals surface area contributed by atoms with E-state index >= 15 is 0 Å². The molecule has 2 aliphatic heterocycles. The molecule has 0 aromatic heterocycles. The fourth-order valence-corrected chi connectivity index (χ4v) is 4.80. The SMILES string of the molecule is c1ccc2c(c1)CCC1CN(CCc3cccc4ccccc34)CCN21. The number of benzene rings is 3. The number of anilines is 1. The van der Waals surface area contributed by atoms with Gasteiger partial charge in [0, 0.05) is 37.9 Å². The molecule has 0 radical (unpaired) electrons. The van der Waals surface area contributed by atoms with Gasteiger partial charge in [0.05, 0.1) is 0 Å². The number of fused-ring (bicyclic) bond motifs is 4. The predicted molar refractivity (Wildman–Crippen MR) is 110 cm³/mol. The van der Waals surface area contributed by atoms with E-state index < -0.39 is 0 Å². The van der Waals surface area contributed by atoms with Crippen molar-refractivity contribution in [2.24, 2.45) is 0 Å². The van der Waals surface area contributed by atoms with Gasteiger partial charge in [-0.3, -0.25) is 4.90 Å². The topological polar surface area (TPSA) is 6.48 Å². The summed E-state index contributed by atoms with van der Waals surface area (Å²) in [6, 6.07) is 25.2. The molecular formula is C24H26N2. The highest BCUT2D eigenvalue weighted by molar-refractivity contribution is 5.85. The number of hydrogen-bond acceptors (Lipinski definition) is 2. The highest BCUT2D eigenvalue weighted by atomic mass is 15.3. The summed E-state index contributed by atoms with van der Waals surface area (Å²) < 4.78 is 0. The Labute approximate surface area is 156 Å². The van der Waals surface area contributed by atoms with Crippen LogP contribution in [0, 0.1) is 0 Å². The van der Waals surface area contributed by atoms with Crippen LogP contribution in [0.5, 0.6) is 0 Å². The minimum atomic E-state index is 0.686. The van der Waals surface area contributed by atoms with Crippen LogP contribution in [0.15, 0.2) is 66.7 Å². The van der Waals surface area contributed by atoms with Crippen molar-refractivity contribution in [3.63, 3.8) is 0 Å². The average Bonchev–Trinajstić information content (AvgIpc) is 2.72. The van der Waals surface area contributed by atoms with Gasteiger partial charge in [-0.15, -0.1) is 0 Å². The lowest BCUT2D eigenvalue weighted by Gasteiger charge is -2.46. The first-order valence-corrected chi connectivity index (χ1v) is 9.92. The molecule has 26 heavy (non-hydrogen) atoms. The maximum Gasteiger partial charge on any atom is 0.0420 e. The Bertz CT molecular complexity index is 911. The van der Waals surface area contributed by atoms with Crippen molar-refractivity contribution in [2.45, 2.75) is 25.3 Å². The molecule has 0 saturated carbocycles. The molecule has 1 fully saturated rings. The maximum atomic E-state index is 2.68. The molecule has 0 N–H and O–H groups in total. The zero-order valence-electron chi connectivity index (χ0n) is 15.3. The van der Waals surface area contributed by atoms with Gasteiger partial charge in [0.25, 0.3) is 0 Å². The van der Waals surface area contributed by atoms with Gasteiger partial charge in [-0.2, -0.15) is 0 Å². The summed E-state index contributed by atoms with van der Waals surface area (Å²) >= 11 is 0. The second-order valence-corrected chi connectivity index (χ2v) is 7.70. The van der Waals surface area contributed by atoms with Crippen molar-refractivity contribution >= 4 is 16.5 Å². The number of rotatable bonds is 3. The third-order valence-corrected chi connectivity index (χ3v) is 6.19. The van der Waals surface area contributed by atoms with E-state index in [4.69, 9.17) is 0 Å². The van der Waals surface area contributed by atoms with Gasteiger partial charge in [-0.1, -0.05) is 60.7 Å². The van der Waals surface area contributed by atoms with Gasteiger partial charge in [-0.05, 0) is 47.2 Å². The van der Waals surface area contributed by atoms with E-state index in [1.807, 2.05) is 0 Å². The van der Waals surface area contributed by atoms with E-state index in [9.17, 15) is 0 Å². The zero-order valence-corrected chi connectivity index (χ0v) is 15.3. The lowest BCUT2D eigenvalue weighted by Crippen LogP contribution is -2.55. The Morgan fingerprint density at radius 2 is 1.69 bits per heavy atom. The van der Waals surface area contributed by atoms with Crippen LogP contribution < -0.4 is 4.90 Å². The first-order valence-electron chi connectivity index (χ1n) is 9.92. The Morgan fingerprint density at radius 3 is 2.69 bits per heavy atom. The lowest BCUT2D eigenvalue weighted by molar-refractivity contribution is 0.216. The van der Waals surface area contributed by atoms with E-state index in [0.29, 0.717) is 6.04 Å². The van der Waals surface area contributed by atoms with E-state index in [1.54, 1.807) is 0 Å². The lowest BCUT2D eigenvalue weighted by atomic mass is 9.93. The van der Waals surface area contributed by atoms with Crippen LogP contribution in [0.1, 0.15) is 17.5 Å². The molecular weight excluding hydrogens is 316 g/mol. The summed E-state index contributed by atoms with van der Waals surface area (Å²) in [5.74, 6) is 0. The van der Waals surface area contributed by atoms with Gasteiger partial charge in [0.1, 0.15) is 0 Å². The minimum absolute atomic E-state index is 0.686. The predicted octanol–water partition coefficient (Wildman–Crippen LogP) is 4.52. The number of aryl methyl sites for hydroxylation is 1. The zero-order chi connectivity index (χ0) is 17.3. The highest BCUT2D eigenvalue weighted by Gasteiger charge is 2.31. The quantitative estimate of drug-likeness (QED) is 0.690. The highest BCUT2D eigenvalue weighted by Crippen LogP contribution is 2.32. The molecule has 132 valence electrons. The molecule has 1 saturated heterocycles. The number of nitrogens with zero attached hydrogens (tertiary/aromatic N) is 2. The van der Waals surface area contributed by atoms with Gasteiger partial charge >= 0.3 is 0 Å². The van der Waals surface area contributed by atoms with Crippen LogP contribution in [0.3, 0.4) is 0 Å². The van der Waals surface area contributed by atoms with Crippen LogP contribution >= 0.6 is 0 Å². The Hall–Kier alpha value is -2.32. The summed E-state index contributed by atoms with van der Waals surface area (Å²) in [6.07, 6.45) is 3.67. The van der Waals surface area contributed by atoms with Gasteiger partial charge in [0.15, 0.2) is 0 Å². The van der Waals surface area contributed by atoms with Crippen molar-refractivity contribution in [3.8, 4) is 0 Å². The molecule has 2 heteroatoms. The van der Waals surface area contributed by atoms with E-state index in [-0.39, 0.29) is 0 Å². The summed E-state index contributed by atoms with van der Waals surface area (Å²) in [7, 11) is 0. The van der Waals surface area contributed by atoms with Crippen molar-refractivity contribution in [1.82, 2.24) is 4.90 Å². The van der Waals surface area contributed by atoms with E-state index in [1.165, 1.54) is 60.1 Å². The molecule has 1 unspecified atom stereocenters. The Morgan fingerprint density at radius 1 is 0.846 bits per heavy atom. The molecule has 2 heterocycles. The van der Waals surface area contributed by atoms with Crippen LogP contribution in [0.4, 0.5) is 5.69 Å². The molecule has 0 amide bonds. The summed E-state index contributed by atoms with van der Waals surface area (Å²) in [5.41, 5.74) is 4.50. The summed E-state index contributed by atoms with van der Waals surface area (Å²) in [4.78, 5) is 5.34. The normalized spacial score (nSPS) is 20.0. The summed E-state index contributed by atoms with van der Waals surface area (Å²) in [5, 5.41) is 2.78. The van der Waals surface area contributed by atoms with Crippen molar-refractivity contribution in [3.05, 3.63) is 77.9 Å². The van der Waals surface area contributed by atoms with Crippen molar-refractivity contribution < 1.29 is 0 Å². The maximum absolute atomic E-state index is 2.68. The number of hydrogen-bond donors (Lipinski definition) is 0. The fraction of sp³-hybridized carbons (Fsp3) is 0.333. The van der Waals surface area contributed by atoms with Crippen LogP contribution in [0.2, 0.25) is 0 Å². The first-order chi connectivity index (χ1) is 12.9. The van der Waals surface area contributed by atoms with Crippen molar-refractivity contribution in [1.29, 1.82) is 0 Å². The molecule has 3 aromatic carbocycles. The molecule has 1 atom stereocenters. The van der Waals surface area contributed by atoms with Gasteiger partial charge < -0.3 is 4.90 Å². The molecule has 3 aromatic rings. The van der Waals surface area contributed by atoms with Gasteiger partial charge in [-0.25, -0.2) is 0 Å². The van der Waals surface area contributed by atoms with Crippen LogP contribution in [-0.2, 0) is 12.8 Å². The van der Waals surface area contributed by atoms with Crippen LogP contribution in [0.25, 0.3) is 10.8 Å². The van der Waals surface area contributed by atoms with E-state index in [2.05, 4.69) is 76.5 Å². The molecule has 0 bridgehead atoms. The number of piperazine rings is 1. The minimum Gasteiger partial charge on any atom is -0.366 e. The second kappa shape index (κ2) is 6.77.